The van der Waals surface area contributed by atoms with Gasteiger partial charge >= 0.3 is 6.18 Å². The highest BCUT2D eigenvalue weighted by Crippen LogP contribution is 2.28. The van der Waals surface area contributed by atoms with Gasteiger partial charge in [-0.1, -0.05) is 5.16 Å². The smallest absolute Gasteiger partial charge is 0.364 e. The summed E-state index contributed by atoms with van der Waals surface area (Å²) in [6.07, 6.45) is -3.42. The van der Waals surface area contributed by atoms with Gasteiger partial charge in [-0.25, -0.2) is 0 Å². The van der Waals surface area contributed by atoms with E-state index in [1.807, 2.05) is 0 Å². The van der Waals surface area contributed by atoms with Crippen LogP contribution in [0.15, 0.2) is 16.9 Å². The molecular weight excluding hydrogens is 197 g/mol. The molecule has 7 heteroatoms. The summed E-state index contributed by atoms with van der Waals surface area (Å²) in [4.78, 5) is 0. The van der Waals surface area contributed by atoms with Crippen molar-refractivity contribution in [2.75, 3.05) is 0 Å². The standard InChI is InChI=1S/C5H5F3N2O.ClH/c6-5(7,8)4(9)3-1-2-11-10-3;/h1-2,4H,9H2;1H/t4-;/m1./s1. The van der Waals surface area contributed by atoms with Crippen LogP contribution in [0.5, 0.6) is 0 Å². The Morgan fingerprint density at radius 1 is 1.50 bits per heavy atom. The summed E-state index contributed by atoms with van der Waals surface area (Å²) in [5.74, 6) is 0. The minimum atomic E-state index is -4.46. The molecule has 0 aliphatic heterocycles. The molecule has 2 N–H and O–H groups in total. The van der Waals surface area contributed by atoms with Crippen LogP contribution in [0.3, 0.4) is 0 Å². The van der Waals surface area contributed by atoms with Crippen LogP contribution in [0.25, 0.3) is 0 Å². The van der Waals surface area contributed by atoms with E-state index in [-0.39, 0.29) is 18.1 Å². The number of hydrogen-bond acceptors (Lipinski definition) is 3. The fourth-order valence-electron chi connectivity index (χ4n) is 0.550. The normalized spacial score (nSPS) is 13.7. The summed E-state index contributed by atoms with van der Waals surface area (Å²) in [5, 5.41) is 3.06. The van der Waals surface area contributed by atoms with Gasteiger partial charge in [-0.05, 0) is 0 Å². The average molecular weight is 203 g/mol. The molecule has 0 aliphatic rings. The predicted octanol–water partition coefficient (Wildman–Crippen LogP) is 1.66. The van der Waals surface area contributed by atoms with Crippen molar-refractivity contribution in [3.8, 4) is 0 Å². The fourth-order valence-corrected chi connectivity index (χ4v) is 0.550. The van der Waals surface area contributed by atoms with Gasteiger partial charge in [0.05, 0.1) is 0 Å². The van der Waals surface area contributed by atoms with Crippen LogP contribution in [0.4, 0.5) is 13.2 Å². The molecular formula is C5H6ClF3N2O. The van der Waals surface area contributed by atoms with Gasteiger partial charge in [-0.15, -0.1) is 12.4 Å². The molecule has 12 heavy (non-hydrogen) atoms. The number of rotatable bonds is 1. The molecule has 1 heterocycles. The second-order valence-electron chi connectivity index (χ2n) is 1.94. The van der Waals surface area contributed by atoms with Crippen molar-refractivity contribution in [1.82, 2.24) is 5.16 Å². The third kappa shape index (κ3) is 2.38. The minimum Gasteiger partial charge on any atom is -0.364 e. The summed E-state index contributed by atoms with van der Waals surface area (Å²) < 4.78 is 39.6. The lowest BCUT2D eigenvalue weighted by Crippen LogP contribution is -2.28. The number of nitrogens with zero attached hydrogens (tertiary/aromatic N) is 1. The van der Waals surface area contributed by atoms with E-state index in [2.05, 4.69) is 9.68 Å². The van der Waals surface area contributed by atoms with Crippen LogP contribution in [-0.4, -0.2) is 11.3 Å². The number of hydrogen-bond donors (Lipinski definition) is 1. The Labute approximate surface area is 72.1 Å². The van der Waals surface area contributed by atoms with Crippen molar-refractivity contribution in [2.45, 2.75) is 12.2 Å². The highest BCUT2D eigenvalue weighted by atomic mass is 35.5. The second-order valence-corrected chi connectivity index (χ2v) is 1.94. The van der Waals surface area contributed by atoms with Crippen LogP contribution >= 0.6 is 12.4 Å². The average Bonchev–Trinajstić information content (AvgIpc) is 2.34. The number of aromatic nitrogens is 1. The summed E-state index contributed by atoms with van der Waals surface area (Å²) in [6.45, 7) is 0. The molecule has 0 amide bonds. The molecule has 0 bridgehead atoms. The third-order valence-electron chi connectivity index (χ3n) is 1.13. The Kier molecular flexibility index (Phi) is 3.54. The van der Waals surface area contributed by atoms with Crippen molar-refractivity contribution in [3.05, 3.63) is 18.0 Å². The number of alkyl halides is 3. The SMILES string of the molecule is Cl.N[C@H](c1ccon1)C(F)(F)F. The van der Waals surface area contributed by atoms with E-state index < -0.39 is 12.2 Å². The van der Waals surface area contributed by atoms with Gasteiger partial charge < -0.3 is 10.3 Å². The molecule has 0 aromatic carbocycles. The van der Waals surface area contributed by atoms with E-state index in [9.17, 15) is 13.2 Å². The van der Waals surface area contributed by atoms with Crippen LogP contribution in [-0.2, 0) is 0 Å². The maximum absolute atomic E-state index is 11.8. The highest BCUT2D eigenvalue weighted by molar-refractivity contribution is 5.85. The van der Waals surface area contributed by atoms with E-state index in [4.69, 9.17) is 5.73 Å². The van der Waals surface area contributed by atoms with Crippen LogP contribution in [0.1, 0.15) is 11.7 Å². The molecule has 70 valence electrons. The molecule has 0 aliphatic carbocycles. The molecule has 1 rings (SSSR count). The van der Waals surface area contributed by atoms with Gasteiger partial charge in [0.2, 0.25) is 0 Å². The van der Waals surface area contributed by atoms with Crippen molar-refractivity contribution >= 4 is 12.4 Å². The maximum atomic E-state index is 11.8. The number of nitrogens with two attached hydrogens (primary N) is 1. The van der Waals surface area contributed by atoms with Gasteiger partial charge in [-0.3, -0.25) is 0 Å². The molecule has 0 saturated heterocycles. The third-order valence-corrected chi connectivity index (χ3v) is 1.13. The Hall–Kier alpha value is -0.750. The van der Waals surface area contributed by atoms with Crippen molar-refractivity contribution in [3.63, 3.8) is 0 Å². The van der Waals surface area contributed by atoms with E-state index in [0.29, 0.717) is 0 Å². The molecule has 0 saturated carbocycles. The first-order chi connectivity index (χ1) is 5.02. The Morgan fingerprint density at radius 2 is 2.08 bits per heavy atom. The van der Waals surface area contributed by atoms with E-state index >= 15 is 0 Å². The van der Waals surface area contributed by atoms with E-state index in [1.54, 1.807) is 0 Å². The fraction of sp³-hybridized carbons (Fsp3) is 0.400. The molecule has 3 nitrogen and oxygen atoms in total. The maximum Gasteiger partial charge on any atom is 0.409 e. The topological polar surface area (TPSA) is 52.0 Å². The Bertz CT molecular complexity index is 223. The van der Waals surface area contributed by atoms with Crippen LogP contribution in [0, 0.1) is 0 Å². The first kappa shape index (κ1) is 11.2. The molecule has 1 atom stereocenters. The van der Waals surface area contributed by atoms with Crippen LogP contribution in [0.2, 0.25) is 0 Å². The lowest BCUT2D eigenvalue weighted by atomic mass is 10.2. The molecule has 1 aromatic rings. The van der Waals surface area contributed by atoms with Gasteiger partial charge in [0, 0.05) is 6.07 Å². The first-order valence-electron chi connectivity index (χ1n) is 2.74. The summed E-state index contributed by atoms with van der Waals surface area (Å²) in [7, 11) is 0. The predicted molar refractivity (Wildman–Crippen MR) is 36.7 cm³/mol. The largest absolute Gasteiger partial charge is 0.409 e. The Morgan fingerprint density at radius 3 is 2.42 bits per heavy atom. The monoisotopic (exact) mass is 202 g/mol. The lowest BCUT2D eigenvalue weighted by Gasteiger charge is -2.11. The van der Waals surface area contributed by atoms with Crippen LogP contribution < -0.4 is 5.73 Å². The molecule has 0 spiro atoms. The van der Waals surface area contributed by atoms with E-state index in [1.165, 1.54) is 0 Å². The summed E-state index contributed by atoms with van der Waals surface area (Å²) in [5.41, 5.74) is 4.46. The quantitative estimate of drug-likeness (QED) is 0.754. The first-order valence-corrected chi connectivity index (χ1v) is 2.74. The molecule has 0 unspecified atom stereocenters. The summed E-state index contributed by atoms with van der Waals surface area (Å²) in [6, 6.07) is -0.973. The van der Waals surface area contributed by atoms with Crippen molar-refractivity contribution in [2.24, 2.45) is 5.73 Å². The van der Waals surface area contributed by atoms with Crippen molar-refractivity contribution in [1.29, 1.82) is 0 Å². The Balaban J connectivity index is 0.00000121. The van der Waals surface area contributed by atoms with Gasteiger partial charge in [0.25, 0.3) is 0 Å². The zero-order valence-corrected chi connectivity index (χ0v) is 6.52. The van der Waals surface area contributed by atoms with Gasteiger partial charge in [0.15, 0.2) is 0 Å². The molecule has 0 radical (unpaired) electrons. The zero-order valence-electron chi connectivity index (χ0n) is 5.71. The lowest BCUT2D eigenvalue weighted by molar-refractivity contribution is -0.150. The number of halogens is 4. The van der Waals surface area contributed by atoms with Crippen molar-refractivity contribution < 1.29 is 17.7 Å². The molecule has 0 fully saturated rings. The highest BCUT2D eigenvalue weighted by Gasteiger charge is 2.39. The van der Waals surface area contributed by atoms with E-state index in [0.717, 1.165) is 12.3 Å². The minimum absolute atomic E-state index is 0. The van der Waals surface area contributed by atoms with Gasteiger partial charge in [-0.2, -0.15) is 13.2 Å². The second kappa shape index (κ2) is 3.77. The van der Waals surface area contributed by atoms with Gasteiger partial charge in [0.1, 0.15) is 18.0 Å². The zero-order chi connectivity index (χ0) is 8.48. The summed E-state index contributed by atoms with van der Waals surface area (Å²) >= 11 is 0. The molecule has 1 aromatic heterocycles.